The summed E-state index contributed by atoms with van der Waals surface area (Å²) in [5, 5.41) is 13.6. The number of piperidine rings is 1. The minimum absolute atomic E-state index is 0.266. The summed E-state index contributed by atoms with van der Waals surface area (Å²) in [6.07, 6.45) is 3.46. The van der Waals surface area contributed by atoms with Gasteiger partial charge in [-0.25, -0.2) is 0 Å². The third-order valence-corrected chi connectivity index (χ3v) is 4.57. The molecule has 4 heteroatoms. The van der Waals surface area contributed by atoms with Gasteiger partial charge in [-0.2, -0.15) is 0 Å². The van der Waals surface area contributed by atoms with Crippen LogP contribution in [0.1, 0.15) is 37.8 Å². The van der Waals surface area contributed by atoms with E-state index < -0.39 is 0 Å². The number of benzene rings is 1. The van der Waals surface area contributed by atoms with Crippen LogP contribution >= 0.6 is 15.9 Å². The first-order chi connectivity index (χ1) is 9.13. The van der Waals surface area contributed by atoms with E-state index in [1.165, 1.54) is 12.8 Å². The maximum Gasteiger partial charge on any atom is 0.120 e. The van der Waals surface area contributed by atoms with E-state index in [9.17, 15) is 5.11 Å². The molecule has 0 aliphatic carbocycles. The lowest BCUT2D eigenvalue weighted by Gasteiger charge is -2.37. The van der Waals surface area contributed by atoms with Crippen molar-refractivity contribution in [1.82, 2.24) is 10.2 Å². The van der Waals surface area contributed by atoms with Crippen molar-refractivity contribution < 1.29 is 5.11 Å². The molecule has 2 N–H and O–H groups in total. The number of nitrogens with zero attached hydrogens (tertiary/aromatic N) is 1. The SMILES string of the molecule is CCC(c1cc(Br)ccc1O)N(C)C1CCCNC1. The number of phenols is 1. The minimum atomic E-state index is 0.266. The van der Waals surface area contributed by atoms with Crippen molar-refractivity contribution in [2.24, 2.45) is 0 Å². The molecule has 106 valence electrons. The fourth-order valence-corrected chi connectivity index (χ4v) is 3.33. The zero-order valence-electron chi connectivity index (χ0n) is 11.7. The van der Waals surface area contributed by atoms with Crippen molar-refractivity contribution in [2.45, 2.75) is 38.3 Å². The van der Waals surface area contributed by atoms with E-state index >= 15 is 0 Å². The molecule has 0 spiro atoms. The summed E-state index contributed by atoms with van der Waals surface area (Å²) in [6, 6.07) is 6.51. The first-order valence-corrected chi connectivity index (χ1v) is 7.83. The number of hydrogen-bond acceptors (Lipinski definition) is 3. The Morgan fingerprint density at radius 1 is 1.53 bits per heavy atom. The van der Waals surface area contributed by atoms with Crippen LogP contribution < -0.4 is 5.32 Å². The van der Waals surface area contributed by atoms with Gasteiger partial charge in [-0.1, -0.05) is 22.9 Å². The summed E-state index contributed by atoms with van der Waals surface area (Å²) in [6.45, 7) is 4.35. The van der Waals surface area contributed by atoms with Crippen molar-refractivity contribution in [3.8, 4) is 5.75 Å². The predicted molar refractivity (Wildman–Crippen MR) is 82.5 cm³/mol. The standard InChI is InChI=1S/C15H23BrN2O/c1-3-14(13-9-11(16)6-7-15(13)19)18(2)12-5-4-8-17-10-12/h6-7,9,12,14,17,19H,3-5,8,10H2,1-2H3. The third kappa shape index (κ3) is 3.50. The number of hydrogen-bond donors (Lipinski definition) is 2. The summed E-state index contributed by atoms with van der Waals surface area (Å²) in [4.78, 5) is 2.41. The van der Waals surface area contributed by atoms with Crippen molar-refractivity contribution in [3.05, 3.63) is 28.2 Å². The molecule has 0 radical (unpaired) electrons. The zero-order valence-corrected chi connectivity index (χ0v) is 13.3. The van der Waals surface area contributed by atoms with Crippen molar-refractivity contribution in [1.29, 1.82) is 0 Å². The highest BCUT2D eigenvalue weighted by atomic mass is 79.9. The van der Waals surface area contributed by atoms with E-state index in [-0.39, 0.29) is 6.04 Å². The van der Waals surface area contributed by atoms with Crippen molar-refractivity contribution in [2.75, 3.05) is 20.1 Å². The Bertz CT molecular complexity index is 419. The fourth-order valence-electron chi connectivity index (χ4n) is 2.96. The van der Waals surface area contributed by atoms with Crippen LogP contribution in [0.3, 0.4) is 0 Å². The Hall–Kier alpha value is -0.580. The van der Waals surface area contributed by atoms with Crippen LogP contribution in [0.4, 0.5) is 0 Å². The number of halogens is 1. The lowest BCUT2D eigenvalue weighted by molar-refractivity contribution is 0.141. The van der Waals surface area contributed by atoms with Gasteiger partial charge in [-0.15, -0.1) is 0 Å². The Balaban J connectivity index is 2.20. The van der Waals surface area contributed by atoms with Gasteiger partial charge < -0.3 is 10.4 Å². The average molecular weight is 327 g/mol. The van der Waals surface area contributed by atoms with Gasteiger partial charge in [0, 0.05) is 28.7 Å². The monoisotopic (exact) mass is 326 g/mol. The second-order valence-corrected chi connectivity index (χ2v) is 6.21. The van der Waals surface area contributed by atoms with Gasteiger partial charge in [0.1, 0.15) is 5.75 Å². The normalized spacial score (nSPS) is 21.6. The van der Waals surface area contributed by atoms with Crippen molar-refractivity contribution >= 4 is 15.9 Å². The molecule has 1 saturated heterocycles. The largest absolute Gasteiger partial charge is 0.508 e. The van der Waals surface area contributed by atoms with Gasteiger partial charge >= 0.3 is 0 Å². The van der Waals surface area contributed by atoms with Crippen LogP contribution in [0.2, 0.25) is 0 Å². The second-order valence-electron chi connectivity index (χ2n) is 5.29. The Labute approximate surface area is 124 Å². The molecule has 0 saturated carbocycles. The lowest BCUT2D eigenvalue weighted by Crippen LogP contribution is -2.45. The molecule has 1 aromatic rings. The van der Waals surface area contributed by atoms with Crippen LogP contribution in [0.25, 0.3) is 0 Å². The fraction of sp³-hybridized carbons (Fsp3) is 0.600. The van der Waals surface area contributed by atoms with Gasteiger partial charge in [-0.3, -0.25) is 4.90 Å². The van der Waals surface area contributed by atoms with E-state index in [1.807, 2.05) is 12.1 Å². The highest BCUT2D eigenvalue weighted by Crippen LogP contribution is 2.34. The first kappa shape index (κ1) is 14.8. The number of rotatable bonds is 4. The maximum atomic E-state index is 10.1. The molecule has 1 aliphatic rings. The van der Waals surface area contributed by atoms with E-state index in [2.05, 4.69) is 40.1 Å². The summed E-state index contributed by atoms with van der Waals surface area (Å²) in [5.41, 5.74) is 1.02. The molecule has 1 fully saturated rings. The molecule has 1 aromatic carbocycles. The molecule has 0 amide bonds. The van der Waals surface area contributed by atoms with Gasteiger partial charge in [0.2, 0.25) is 0 Å². The molecule has 1 heterocycles. The maximum absolute atomic E-state index is 10.1. The Morgan fingerprint density at radius 3 is 2.95 bits per heavy atom. The zero-order chi connectivity index (χ0) is 13.8. The smallest absolute Gasteiger partial charge is 0.120 e. The van der Waals surface area contributed by atoms with Crippen molar-refractivity contribution in [3.63, 3.8) is 0 Å². The molecule has 19 heavy (non-hydrogen) atoms. The van der Waals surface area contributed by atoms with Crippen LogP contribution in [0.5, 0.6) is 5.75 Å². The topological polar surface area (TPSA) is 35.5 Å². The summed E-state index contributed by atoms with van der Waals surface area (Å²) in [7, 11) is 2.17. The summed E-state index contributed by atoms with van der Waals surface area (Å²) >= 11 is 3.50. The summed E-state index contributed by atoms with van der Waals surface area (Å²) in [5.74, 6) is 0.394. The highest BCUT2D eigenvalue weighted by molar-refractivity contribution is 9.10. The van der Waals surface area contributed by atoms with Crippen LogP contribution in [0.15, 0.2) is 22.7 Å². The second kappa shape index (κ2) is 6.73. The van der Waals surface area contributed by atoms with E-state index in [1.54, 1.807) is 6.07 Å². The highest BCUT2D eigenvalue weighted by Gasteiger charge is 2.26. The van der Waals surface area contributed by atoms with Crippen LogP contribution in [-0.2, 0) is 0 Å². The number of nitrogens with one attached hydrogen (secondary N) is 1. The molecule has 2 atom stereocenters. The van der Waals surface area contributed by atoms with Gasteiger partial charge in [0.25, 0.3) is 0 Å². The average Bonchev–Trinajstić information content (AvgIpc) is 2.44. The van der Waals surface area contributed by atoms with E-state index in [4.69, 9.17) is 0 Å². The van der Waals surface area contributed by atoms with E-state index in [0.717, 1.165) is 29.5 Å². The molecule has 0 aromatic heterocycles. The molecular formula is C15H23BrN2O. The predicted octanol–water partition coefficient (Wildman–Crippen LogP) is 3.29. The number of aromatic hydroxyl groups is 1. The molecule has 2 unspecified atom stereocenters. The molecule has 0 bridgehead atoms. The Morgan fingerprint density at radius 2 is 2.32 bits per heavy atom. The molecule has 2 rings (SSSR count). The van der Waals surface area contributed by atoms with Crippen LogP contribution in [-0.4, -0.2) is 36.2 Å². The van der Waals surface area contributed by atoms with Gasteiger partial charge in [0.15, 0.2) is 0 Å². The first-order valence-electron chi connectivity index (χ1n) is 7.04. The molecule has 1 aliphatic heterocycles. The van der Waals surface area contributed by atoms with E-state index in [0.29, 0.717) is 11.8 Å². The Kier molecular flexibility index (Phi) is 5.25. The number of phenolic OH excluding ortho intramolecular Hbond substituents is 1. The minimum Gasteiger partial charge on any atom is -0.508 e. The lowest BCUT2D eigenvalue weighted by atomic mass is 9.98. The number of likely N-dealkylation sites (N-methyl/N-ethyl adjacent to an activating group) is 1. The third-order valence-electron chi connectivity index (χ3n) is 4.07. The molecular weight excluding hydrogens is 304 g/mol. The van der Waals surface area contributed by atoms with Gasteiger partial charge in [0.05, 0.1) is 0 Å². The quantitative estimate of drug-likeness (QED) is 0.891. The summed E-state index contributed by atoms with van der Waals surface area (Å²) < 4.78 is 1.02. The molecule has 3 nitrogen and oxygen atoms in total. The van der Waals surface area contributed by atoms with Gasteiger partial charge in [-0.05, 0) is 51.1 Å². The van der Waals surface area contributed by atoms with Crippen LogP contribution in [0, 0.1) is 0 Å².